The molecule has 3 rings (SSSR count). The second kappa shape index (κ2) is 9.58. The van der Waals surface area contributed by atoms with Gasteiger partial charge in [0, 0.05) is 25.7 Å². The van der Waals surface area contributed by atoms with Gasteiger partial charge >= 0.3 is 0 Å². The molecule has 2 aromatic carbocycles. The van der Waals surface area contributed by atoms with Crippen LogP contribution >= 0.6 is 0 Å². The van der Waals surface area contributed by atoms with E-state index in [2.05, 4.69) is 10.0 Å². The maximum absolute atomic E-state index is 13.0. The van der Waals surface area contributed by atoms with Crippen LogP contribution in [0.15, 0.2) is 41.3 Å². The molecule has 2 aromatic rings. The predicted molar refractivity (Wildman–Crippen MR) is 119 cm³/mol. The average Bonchev–Trinajstić information content (AvgIpc) is 2.76. The Morgan fingerprint density at radius 1 is 1.03 bits per heavy atom. The Balaban J connectivity index is 1.70. The summed E-state index contributed by atoms with van der Waals surface area (Å²) in [4.78, 5) is 25.7. The molecule has 1 heterocycles. The summed E-state index contributed by atoms with van der Waals surface area (Å²) in [5.74, 6) is 0.648. The molecule has 1 aliphatic rings. The molecule has 0 saturated heterocycles. The van der Waals surface area contributed by atoms with Crippen molar-refractivity contribution in [1.29, 1.82) is 0 Å². The van der Waals surface area contributed by atoms with Crippen molar-refractivity contribution in [2.45, 2.75) is 37.8 Å². The number of sulfonamides is 1. The summed E-state index contributed by atoms with van der Waals surface area (Å²) in [7, 11) is -0.791. The van der Waals surface area contributed by atoms with E-state index in [0.717, 1.165) is 11.1 Å². The molecule has 10 heteroatoms. The minimum absolute atomic E-state index is 0.00655. The Bertz CT molecular complexity index is 1120. The second-order valence-corrected chi connectivity index (χ2v) is 9.25. The standard InChI is InChI=1S/C22H27N3O6S/c1-14(24-32(28,29)19-7-5-18(6-8-19)23-15(2)26)22(27)25-10-9-16-11-20(30-3)21(31-4)12-17(16)13-25/h5-8,11-12,14,24H,9-10,13H2,1-4H3,(H,23,26)/t14-/m0/s1. The van der Waals surface area contributed by atoms with E-state index in [4.69, 9.17) is 9.47 Å². The zero-order chi connectivity index (χ0) is 23.5. The summed E-state index contributed by atoms with van der Waals surface area (Å²) in [5, 5.41) is 2.58. The molecule has 32 heavy (non-hydrogen) atoms. The predicted octanol–water partition coefficient (Wildman–Crippen LogP) is 1.91. The van der Waals surface area contributed by atoms with Crippen molar-refractivity contribution < 1.29 is 27.5 Å². The zero-order valence-electron chi connectivity index (χ0n) is 18.5. The van der Waals surface area contributed by atoms with Crippen molar-refractivity contribution in [1.82, 2.24) is 9.62 Å². The van der Waals surface area contributed by atoms with Gasteiger partial charge < -0.3 is 19.7 Å². The first-order chi connectivity index (χ1) is 15.1. The lowest BCUT2D eigenvalue weighted by Gasteiger charge is -2.31. The molecule has 0 unspecified atom stereocenters. The molecule has 0 aromatic heterocycles. The van der Waals surface area contributed by atoms with Gasteiger partial charge in [0.2, 0.25) is 21.8 Å². The van der Waals surface area contributed by atoms with Crippen LogP contribution in [-0.2, 0) is 32.6 Å². The normalized spacial score (nSPS) is 14.3. The third-order valence-corrected chi connectivity index (χ3v) is 6.77. The highest BCUT2D eigenvalue weighted by Gasteiger charge is 2.29. The smallest absolute Gasteiger partial charge is 0.241 e. The first-order valence-electron chi connectivity index (χ1n) is 10.1. The van der Waals surface area contributed by atoms with E-state index in [1.165, 1.54) is 38.1 Å². The Kier molecular flexibility index (Phi) is 7.05. The van der Waals surface area contributed by atoms with Crippen molar-refractivity contribution in [3.63, 3.8) is 0 Å². The van der Waals surface area contributed by atoms with Gasteiger partial charge in [0.05, 0.1) is 25.2 Å². The number of anilines is 1. The molecular formula is C22H27N3O6S. The van der Waals surface area contributed by atoms with Crippen LogP contribution in [0, 0.1) is 0 Å². The zero-order valence-corrected chi connectivity index (χ0v) is 19.3. The van der Waals surface area contributed by atoms with Gasteiger partial charge in [-0.3, -0.25) is 9.59 Å². The molecule has 0 radical (unpaired) electrons. The number of hydrogen-bond donors (Lipinski definition) is 2. The minimum Gasteiger partial charge on any atom is -0.493 e. The maximum Gasteiger partial charge on any atom is 0.241 e. The molecule has 0 saturated carbocycles. The van der Waals surface area contributed by atoms with Gasteiger partial charge in [-0.05, 0) is 60.9 Å². The number of benzene rings is 2. The molecule has 172 valence electrons. The quantitative estimate of drug-likeness (QED) is 0.651. The first-order valence-corrected chi connectivity index (χ1v) is 11.6. The number of nitrogens with one attached hydrogen (secondary N) is 2. The summed E-state index contributed by atoms with van der Waals surface area (Å²) >= 11 is 0. The first kappa shape index (κ1) is 23.6. The Morgan fingerprint density at radius 3 is 2.19 bits per heavy atom. The number of hydrogen-bond acceptors (Lipinski definition) is 6. The van der Waals surface area contributed by atoms with Gasteiger partial charge in [-0.25, -0.2) is 8.42 Å². The summed E-state index contributed by atoms with van der Waals surface area (Å²) in [6, 6.07) is 8.54. The monoisotopic (exact) mass is 461 g/mol. The van der Waals surface area contributed by atoms with Crippen LogP contribution in [0.25, 0.3) is 0 Å². The van der Waals surface area contributed by atoms with Crippen LogP contribution in [0.5, 0.6) is 11.5 Å². The van der Waals surface area contributed by atoms with Crippen molar-refractivity contribution in [2.24, 2.45) is 0 Å². The molecule has 0 fully saturated rings. The highest BCUT2D eigenvalue weighted by Crippen LogP contribution is 2.33. The number of fused-ring (bicyclic) bond motifs is 1. The topological polar surface area (TPSA) is 114 Å². The fraction of sp³-hybridized carbons (Fsp3) is 0.364. The lowest BCUT2D eigenvalue weighted by molar-refractivity contribution is -0.133. The molecule has 0 spiro atoms. The molecule has 9 nitrogen and oxygen atoms in total. The van der Waals surface area contributed by atoms with E-state index >= 15 is 0 Å². The van der Waals surface area contributed by atoms with E-state index in [9.17, 15) is 18.0 Å². The summed E-state index contributed by atoms with van der Waals surface area (Å²) in [6.07, 6.45) is 0.630. The van der Waals surface area contributed by atoms with E-state index in [1.807, 2.05) is 12.1 Å². The SMILES string of the molecule is COc1cc2c(cc1OC)CN(C(=O)[C@H](C)NS(=O)(=O)c1ccc(NC(C)=O)cc1)CC2. The van der Waals surface area contributed by atoms with Crippen LogP contribution in [-0.4, -0.2) is 51.9 Å². The summed E-state index contributed by atoms with van der Waals surface area (Å²) < 4.78 is 38.6. The summed E-state index contributed by atoms with van der Waals surface area (Å²) in [6.45, 7) is 3.71. The van der Waals surface area contributed by atoms with E-state index in [1.54, 1.807) is 19.1 Å². The fourth-order valence-corrected chi connectivity index (χ4v) is 4.81. The molecule has 0 bridgehead atoms. The number of carbonyl (C=O) groups is 2. The van der Waals surface area contributed by atoms with E-state index in [-0.39, 0.29) is 16.7 Å². The van der Waals surface area contributed by atoms with Gasteiger partial charge in [-0.2, -0.15) is 4.72 Å². The number of rotatable bonds is 7. The number of nitrogens with zero attached hydrogens (tertiary/aromatic N) is 1. The number of carbonyl (C=O) groups excluding carboxylic acids is 2. The third kappa shape index (κ3) is 5.20. The van der Waals surface area contributed by atoms with Crippen LogP contribution in [0.2, 0.25) is 0 Å². The van der Waals surface area contributed by atoms with Crippen LogP contribution < -0.4 is 19.5 Å². The lowest BCUT2D eigenvalue weighted by Crippen LogP contribution is -2.48. The van der Waals surface area contributed by atoms with Crippen LogP contribution in [0.4, 0.5) is 5.69 Å². The highest BCUT2D eigenvalue weighted by atomic mass is 32.2. The minimum atomic E-state index is -3.92. The molecule has 2 amide bonds. The fourth-order valence-electron chi connectivity index (χ4n) is 3.62. The molecule has 0 aliphatic carbocycles. The molecular weight excluding hydrogens is 434 g/mol. The van der Waals surface area contributed by atoms with Gasteiger partial charge in [0.15, 0.2) is 11.5 Å². The molecule has 1 atom stereocenters. The van der Waals surface area contributed by atoms with Crippen molar-refractivity contribution in [2.75, 3.05) is 26.1 Å². The Labute approximate surface area is 187 Å². The van der Waals surface area contributed by atoms with Gasteiger partial charge in [0.25, 0.3) is 0 Å². The van der Waals surface area contributed by atoms with E-state index < -0.39 is 16.1 Å². The maximum atomic E-state index is 13.0. The van der Waals surface area contributed by atoms with Gasteiger partial charge in [-0.1, -0.05) is 0 Å². The number of methoxy groups -OCH3 is 2. The van der Waals surface area contributed by atoms with Gasteiger partial charge in [-0.15, -0.1) is 0 Å². The molecule has 2 N–H and O–H groups in total. The average molecular weight is 462 g/mol. The Hall–Kier alpha value is -3.11. The molecule has 1 aliphatic heterocycles. The second-order valence-electron chi connectivity index (χ2n) is 7.53. The van der Waals surface area contributed by atoms with E-state index in [0.29, 0.717) is 36.7 Å². The highest BCUT2D eigenvalue weighted by molar-refractivity contribution is 7.89. The van der Waals surface area contributed by atoms with Gasteiger partial charge in [0.1, 0.15) is 0 Å². The van der Waals surface area contributed by atoms with Crippen LogP contribution in [0.3, 0.4) is 0 Å². The lowest BCUT2D eigenvalue weighted by atomic mass is 9.98. The third-order valence-electron chi connectivity index (χ3n) is 5.22. The largest absolute Gasteiger partial charge is 0.493 e. The summed E-state index contributed by atoms with van der Waals surface area (Å²) in [5.41, 5.74) is 2.49. The van der Waals surface area contributed by atoms with Crippen molar-refractivity contribution in [3.8, 4) is 11.5 Å². The number of ether oxygens (including phenoxy) is 2. The van der Waals surface area contributed by atoms with Crippen LogP contribution in [0.1, 0.15) is 25.0 Å². The van der Waals surface area contributed by atoms with Crippen molar-refractivity contribution >= 4 is 27.5 Å². The Morgan fingerprint density at radius 2 is 1.62 bits per heavy atom. The van der Waals surface area contributed by atoms with Crippen molar-refractivity contribution in [3.05, 3.63) is 47.5 Å². The number of amides is 2.